The highest BCUT2D eigenvalue weighted by atomic mass is 19.4. The molecule has 1 N–H and O–H groups in total. The van der Waals surface area contributed by atoms with Gasteiger partial charge in [0.05, 0.1) is 11.6 Å². The lowest BCUT2D eigenvalue weighted by Gasteiger charge is -2.25. The fourth-order valence-corrected chi connectivity index (χ4v) is 2.51. The molecule has 7 heteroatoms. The van der Waals surface area contributed by atoms with E-state index in [0.29, 0.717) is 24.9 Å². The van der Waals surface area contributed by atoms with E-state index < -0.39 is 23.7 Å². The average molecular weight is 326 g/mol. The maximum Gasteiger partial charge on any atom is 0.416 e. The summed E-state index contributed by atoms with van der Waals surface area (Å²) in [5, 5.41) is 2.59. The lowest BCUT2D eigenvalue weighted by Crippen LogP contribution is -2.38. The molecule has 2 amide bonds. The molecule has 1 heterocycles. The van der Waals surface area contributed by atoms with Gasteiger partial charge in [-0.05, 0) is 30.2 Å². The van der Waals surface area contributed by atoms with Crippen molar-refractivity contribution in [1.82, 2.24) is 10.2 Å². The summed E-state index contributed by atoms with van der Waals surface area (Å²) in [5.74, 6) is -0.561. The molecule has 0 spiro atoms. The van der Waals surface area contributed by atoms with Crippen molar-refractivity contribution >= 4 is 11.8 Å². The number of carbonyl (C=O) groups is 2. The Morgan fingerprint density at radius 3 is 2.74 bits per heavy atom. The van der Waals surface area contributed by atoms with Crippen LogP contribution in [0.15, 0.2) is 36.9 Å². The Labute approximate surface area is 132 Å². The van der Waals surface area contributed by atoms with Crippen LogP contribution in [0.1, 0.15) is 30.0 Å². The number of halogens is 3. The van der Waals surface area contributed by atoms with E-state index in [1.54, 1.807) is 4.90 Å². The van der Waals surface area contributed by atoms with Gasteiger partial charge in [-0.15, -0.1) is 0 Å². The van der Waals surface area contributed by atoms with Gasteiger partial charge in [-0.3, -0.25) is 9.59 Å². The van der Waals surface area contributed by atoms with Crippen LogP contribution in [0.2, 0.25) is 0 Å². The van der Waals surface area contributed by atoms with Crippen molar-refractivity contribution in [2.75, 3.05) is 13.1 Å². The van der Waals surface area contributed by atoms with E-state index in [4.69, 9.17) is 0 Å². The van der Waals surface area contributed by atoms with E-state index in [2.05, 4.69) is 11.9 Å². The van der Waals surface area contributed by atoms with E-state index >= 15 is 0 Å². The number of likely N-dealkylation sites (tertiary alicyclic amines) is 1. The molecule has 1 atom stereocenters. The molecule has 4 nitrogen and oxygen atoms in total. The number of rotatable bonds is 5. The van der Waals surface area contributed by atoms with Gasteiger partial charge in [-0.1, -0.05) is 18.7 Å². The first kappa shape index (κ1) is 17.1. The Morgan fingerprint density at radius 2 is 2.17 bits per heavy atom. The molecule has 1 aromatic rings. The van der Waals surface area contributed by atoms with Crippen molar-refractivity contribution in [3.05, 3.63) is 48.0 Å². The van der Waals surface area contributed by atoms with Gasteiger partial charge in [0.1, 0.15) is 0 Å². The maximum absolute atomic E-state index is 12.9. The second-order valence-corrected chi connectivity index (χ2v) is 5.33. The Balaban J connectivity index is 2.27. The average Bonchev–Trinajstić information content (AvgIpc) is 2.91. The van der Waals surface area contributed by atoms with Crippen molar-refractivity contribution < 1.29 is 22.8 Å². The number of alkyl halides is 3. The van der Waals surface area contributed by atoms with Gasteiger partial charge in [0.15, 0.2) is 0 Å². The quantitative estimate of drug-likeness (QED) is 0.846. The van der Waals surface area contributed by atoms with Crippen LogP contribution in [-0.2, 0) is 15.8 Å². The Morgan fingerprint density at radius 1 is 1.43 bits per heavy atom. The highest BCUT2D eigenvalue weighted by Crippen LogP contribution is 2.31. The van der Waals surface area contributed by atoms with E-state index in [0.717, 1.165) is 18.2 Å². The monoisotopic (exact) mass is 326 g/mol. The van der Waals surface area contributed by atoms with Gasteiger partial charge >= 0.3 is 6.18 Å². The molecule has 1 fully saturated rings. The fourth-order valence-electron chi connectivity index (χ4n) is 2.51. The summed E-state index contributed by atoms with van der Waals surface area (Å²) in [4.78, 5) is 24.9. The second-order valence-electron chi connectivity index (χ2n) is 5.33. The summed E-state index contributed by atoms with van der Waals surface area (Å²) in [5.41, 5.74) is -0.490. The molecule has 0 saturated carbocycles. The van der Waals surface area contributed by atoms with E-state index in [-0.39, 0.29) is 12.5 Å². The zero-order chi connectivity index (χ0) is 17.0. The SMILES string of the molecule is C=CC(=O)NC(CN1CCCC1=O)c1cccc(C(F)(F)F)c1. The van der Waals surface area contributed by atoms with Crippen LogP contribution in [0.25, 0.3) is 0 Å². The summed E-state index contributed by atoms with van der Waals surface area (Å²) in [6.07, 6.45) is -2.28. The third-order valence-electron chi connectivity index (χ3n) is 3.69. The van der Waals surface area contributed by atoms with Crippen LogP contribution in [0.3, 0.4) is 0 Å². The molecule has 23 heavy (non-hydrogen) atoms. The number of hydrogen-bond donors (Lipinski definition) is 1. The molecule has 0 bridgehead atoms. The van der Waals surface area contributed by atoms with E-state index in [9.17, 15) is 22.8 Å². The van der Waals surface area contributed by atoms with Crippen molar-refractivity contribution in [1.29, 1.82) is 0 Å². The summed E-state index contributed by atoms with van der Waals surface area (Å²) >= 11 is 0. The maximum atomic E-state index is 12.9. The normalized spacial score (nSPS) is 16.3. The molecular weight excluding hydrogens is 309 g/mol. The minimum Gasteiger partial charge on any atom is -0.344 e. The number of hydrogen-bond acceptors (Lipinski definition) is 2. The summed E-state index contributed by atoms with van der Waals surface area (Å²) in [7, 11) is 0. The molecule has 1 saturated heterocycles. The van der Waals surface area contributed by atoms with Crippen LogP contribution in [0, 0.1) is 0 Å². The first-order valence-corrected chi connectivity index (χ1v) is 7.19. The fraction of sp³-hybridized carbons (Fsp3) is 0.375. The van der Waals surface area contributed by atoms with E-state index in [1.165, 1.54) is 12.1 Å². The first-order chi connectivity index (χ1) is 10.8. The lowest BCUT2D eigenvalue weighted by molar-refractivity contribution is -0.137. The second kappa shape index (κ2) is 6.85. The highest BCUT2D eigenvalue weighted by molar-refractivity contribution is 5.87. The van der Waals surface area contributed by atoms with Gasteiger partial charge in [-0.25, -0.2) is 0 Å². The topological polar surface area (TPSA) is 49.4 Å². The predicted octanol–water partition coefficient (Wildman–Crippen LogP) is 2.67. The molecule has 2 rings (SSSR count). The number of nitrogens with one attached hydrogen (secondary N) is 1. The van der Waals surface area contributed by atoms with Crippen LogP contribution < -0.4 is 5.32 Å². The molecule has 1 aliphatic rings. The van der Waals surface area contributed by atoms with Crippen molar-refractivity contribution in [2.24, 2.45) is 0 Å². The molecule has 1 aromatic carbocycles. The number of nitrogens with zero attached hydrogens (tertiary/aromatic N) is 1. The first-order valence-electron chi connectivity index (χ1n) is 7.19. The molecule has 0 aromatic heterocycles. The van der Waals surface area contributed by atoms with Crippen LogP contribution in [-0.4, -0.2) is 29.8 Å². The van der Waals surface area contributed by atoms with Gasteiger partial charge in [-0.2, -0.15) is 13.2 Å². The standard InChI is InChI=1S/C16H17F3N2O2/c1-2-14(22)20-13(10-21-8-4-7-15(21)23)11-5-3-6-12(9-11)16(17,18)19/h2-3,5-6,9,13H,1,4,7-8,10H2,(H,20,22). The van der Waals surface area contributed by atoms with Crippen LogP contribution in [0.5, 0.6) is 0 Å². The Kier molecular flexibility index (Phi) is 5.08. The van der Waals surface area contributed by atoms with Gasteiger partial charge in [0.25, 0.3) is 0 Å². The number of benzene rings is 1. The summed E-state index contributed by atoms with van der Waals surface area (Å²) < 4.78 is 38.6. The largest absolute Gasteiger partial charge is 0.416 e. The smallest absolute Gasteiger partial charge is 0.344 e. The highest BCUT2D eigenvalue weighted by Gasteiger charge is 2.32. The lowest BCUT2D eigenvalue weighted by atomic mass is 10.0. The van der Waals surface area contributed by atoms with Crippen LogP contribution >= 0.6 is 0 Å². The summed E-state index contributed by atoms with van der Waals surface area (Å²) in [6, 6.07) is 4.04. The van der Waals surface area contributed by atoms with Crippen molar-refractivity contribution in [3.8, 4) is 0 Å². The number of carbonyl (C=O) groups excluding carboxylic acids is 2. The molecule has 1 aliphatic heterocycles. The van der Waals surface area contributed by atoms with Crippen molar-refractivity contribution in [2.45, 2.75) is 25.1 Å². The van der Waals surface area contributed by atoms with Gasteiger partial charge in [0, 0.05) is 19.5 Å². The molecule has 1 unspecified atom stereocenters. The third kappa shape index (κ3) is 4.34. The van der Waals surface area contributed by atoms with Crippen molar-refractivity contribution in [3.63, 3.8) is 0 Å². The minimum atomic E-state index is -4.47. The Bertz CT molecular complexity index is 614. The van der Waals surface area contributed by atoms with E-state index in [1.807, 2.05) is 0 Å². The van der Waals surface area contributed by atoms with Gasteiger partial charge < -0.3 is 10.2 Å². The molecule has 0 radical (unpaired) electrons. The van der Waals surface area contributed by atoms with Crippen LogP contribution in [0.4, 0.5) is 13.2 Å². The molecular formula is C16H17F3N2O2. The summed E-state index contributed by atoms with van der Waals surface area (Å²) in [6.45, 7) is 4.02. The Hall–Kier alpha value is -2.31. The molecule has 0 aliphatic carbocycles. The molecule has 124 valence electrons. The van der Waals surface area contributed by atoms with Gasteiger partial charge in [0.2, 0.25) is 11.8 Å². The zero-order valence-corrected chi connectivity index (χ0v) is 12.4. The third-order valence-corrected chi connectivity index (χ3v) is 3.69. The minimum absolute atomic E-state index is 0.0603. The predicted molar refractivity (Wildman–Crippen MR) is 78.3 cm³/mol. The number of amides is 2. The zero-order valence-electron chi connectivity index (χ0n) is 12.4.